The van der Waals surface area contributed by atoms with Crippen LogP contribution in [0.15, 0.2) is 176 Å². The fraction of sp³-hybridized carbons (Fsp3) is 0. The second-order valence-electron chi connectivity index (χ2n) is 12.5. The number of thiophene rings is 2. The SMILES string of the molecule is c1ccc(-c2ccc(N(c3cccc(-c4cccc5sc6ccccc6c45)c3)c3cccc4c3sc3ccc5ccccc5c34)cc2)cc1. The Hall–Kier alpha value is -5.74. The van der Waals surface area contributed by atoms with Crippen LogP contribution in [0.4, 0.5) is 17.1 Å². The Labute approximate surface area is 292 Å². The van der Waals surface area contributed by atoms with Gasteiger partial charge < -0.3 is 4.90 Å². The van der Waals surface area contributed by atoms with Gasteiger partial charge in [-0.05, 0) is 81.6 Å². The van der Waals surface area contributed by atoms with Crippen molar-refractivity contribution in [1.29, 1.82) is 0 Å². The average Bonchev–Trinajstić information content (AvgIpc) is 3.75. The fourth-order valence-electron chi connectivity index (χ4n) is 7.42. The molecule has 0 aliphatic carbocycles. The molecule has 0 saturated carbocycles. The van der Waals surface area contributed by atoms with Crippen LogP contribution in [-0.2, 0) is 0 Å². The fourth-order valence-corrected chi connectivity index (χ4v) is 9.77. The molecular weight excluding hydrogens is 631 g/mol. The normalized spacial score (nSPS) is 11.7. The molecule has 10 aromatic rings. The number of rotatable bonds is 5. The van der Waals surface area contributed by atoms with Gasteiger partial charge in [-0.2, -0.15) is 0 Å². The maximum atomic E-state index is 2.45. The minimum Gasteiger partial charge on any atom is -0.309 e. The molecule has 2 heterocycles. The number of hydrogen-bond acceptors (Lipinski definition) is 3. The van der Waals surface area contributed by atoms with Crippen molar-refractivity contribution in [1.82, 2.24) is 0 Å². The molecule has 0 spiro atoms. The van der Waals surface area contributed by atoms with Gasteiger partial charge in [-0.15, -0.1) is 22.7 Å². The minimum absolute atomic E-state index is 1.13. The van der Waals surface area contributed by atoms with Crippen LogP contribution in [0.2, 0.25) is 0 Å². The Morgan fingerprint density at radius 3 is 1.94 bits per heavy atom. The van der Waals surface area contributed by atoms with Crippen LogP contribution in [-0.4, -0.2) is 0 Å². The summed E-state index contributed by atoms with van der Waals surface area (Å²) in [5.74, 6) is 0. The second kappa shape index (κ2) is 11.5. The number of benzene rings is 8. The van der Waals surface area contributed by atoms with Crippen LogP contribution < -0.4 is 4.90 Å². The summed E-state index contributed by atoms with van der Waals surface area (Å²) in [5.41, 5.74) is 8.36. The number of fused-ring (bicyclic) bond motifs is 8. The molecule has 0 saturated heterocycles. The summed E-state index contributed by atoms with van der Waals surface area (Å²) in [6.45, 7) is 0. The van der Waals surface area contributed by atoms with Crippen LogP contribution in [0, 0.1) is 0 Å². The standard InChI is InChI=1S/C46H29NS2/c1-2-11-30(12-3-1)31-23-26-34(27-24-31)47(40-20-9-19-39-45-36-16-5-4-13-32(36)25-28-43(45)49-46(39)40)35-15-8-14-33(29-35)37-18-10-22-42-44(37)38-17-6-7-21-41(38)48-42/h1-29H. The van der Waals surface area contributed by atoms with Crippen LogP contribution in [0.5, 0.6) is 0 Å². The Morgan fingerprint density at radius 1 is 0.367 bits per heavy atom. The number of anilines is 3. The van der Waals surface area contributed by atoms with Gasteiger partial charge in [0, 0.05) is 47.0 Å². The van der Waals surface area contributed by atoms with Gasteiger partial charge in [0.25, 0.3) is 0 Å². The maximum absolute atomic E-state index is 2.45. The van der Waals surface area contributed by atoms with E-state index in [4.69, 9.17) is 0 Å². The van der Waals surface area contributed by atoms with E-state index in [1.807, 2.05) is 22.7 Å². The molecule has 49 heavy (non-hydrogen) atoms. The minimum atomic E-state index is 1.13. The lowest BCUT2D eigenvalue weighted by molar-refractivity contribution is 1.30. The van der Waals surface area contributed by atoms with Crippen molar-refractivity contribution in [3.8, 4) is 22.3 Å². The van der Waals surface area contributed by atoms with E-state index in [0.717, 1.165) is 11.4 Å². The predicted octanol–water partition coefficient (Wildman–Crippen LogP) is 14.4. The molecule has 2 aromatic heterocycles. The zero-order chi connectivity index (χ0) is 32.3. The Kier molecular flexibility index (Phi) is 6.61. The van der Waals surface area contributed by atoms with E-state index >= 15 is 0 Å². The number of nitrogens with zero attached hydrogens (tertiary/aromatic N) is 1. The highest BCUT2D eigenvalue weighted by molar-refractivity contribution is 7.26. The van der Waals surface area contributed by atoms with Crippen molar-refractivity contribution in [2.45, 2.75) is 0 Å². The van der Waals surface area contributed by atoms with Gasteiger partial charge in [0.05, 0.1) is 10.4 Å². The summed E-state index contributed by atoms with van der Waals surface area (Å²) >= 11 is 3.75. The molecule has 230 valence electrons. The smallest absolute Gasteiger partial charge is 0.0640 e. The van der Waals surface area contributed by atoms with Crippen molar-refractivity contribution in [2.24, 2.45) is 0 Å². The van der Waals surface area contributed by atoms with Crippen LogP contribution >= 0.6 is 22.7 Å². The predicted molar refractivity (Wildman–Crippen MR) is 215 cm³/mol. The van der Waals surface area contributed by atoms with Crippen LogP contribution in [0.1, 0.15) is 0 Å². The molecule has 0 unspecified atom stereocenters. The summed E-state index contributed by atoms with van der Waals surface area (Å²) in [6.07, 6.45) is 0. The van der Waals surface area contributed by atoms with Gasteiger partial charge in [-0.1, -0.05) is 127 Å². The third kappa shape index (κ3) is 4.66. The molecular formula is C46H29NS2. The summed E-state index contributed by atoms with van der Waals surface area (Å²) in [7, 11) is 0. The topological polar surface area (TPSA) is 3.24 Å². The molecule has 1 nitrogen and oxygen atoms in total. The first kappa shape index (κ1) is 28.3. The molecule has 0 fully saturated rings. The van der Waals surface area contributed by atoms with E-state index in [-0.39, 0.29) is 0 Å². The van der Waals surface area contributed by atoms with Crippen molar-refractivity contribution in [2.75, 3.05) is 4.90 Å². The van der Waals surface area contributed by atoms with Gasteiger partial charge in [-0.3, -0.25) is 0 Å². The molecule has 0 amide bonds. The van der Waals surface area contributed by atoms with E-state index in [0.29, 0.717) is 0 Å². The van der Waals surface area contributed by atoms with Gasteiger partial charge in [0.1, 0.15) is 0 Å². The maximum Gasteiger partial charge on any atom is 0.0640 e. The molecule has 0 aliphatic heterocycles. The monoisotopic (exact) mass is 659 g/mol. The molecule has 3 heteroatoms. The molecule has 0 bridgehead atoms. The van der Waals surface area contributed by atoms with E-state index in [1.54, 1.807) is 0 Å². The summed E-state index contributed by atoms with van der Waals surface area (Å²) in [5, 5.41) is 7.86. The Balaban J connectivity index is 1.20. The number of hydrogen-bond donors (Lipinski definition) is 0. The van der Waals surface area contributed by atoms with E-state index in [9.17, 15) is 0 Å². The van der Waals surface area contributed by atoms with Crippen LogP contribution in [0.3, 0.4) is 0 Å². The molecule has 8 aromatic carbocycles. The zero-order valence-corrected chi connectivity index (χ0v) is 28.1. The van der Waals surface area contributed by atoms with E-state index in [2.05, 4.69) is 181 Å². The first-order chi connectivity index (χ1) is 24.3. The summed E-state index contributed by atoms with van der Waals surface area (Å²) in [4.78, 5) is 2.45. The lowest BCUT2D eigenvalue weighted by Crippen LogP contribution is -2.10. The van der Waals surface area contributed by atoms with Crippen molar-refractivity contribution in [3.05, 3.63) is 176 Å². The highest BCUT2D eigenvalue weighted by atomic mass is 32.1. The van der Waals surface area contributed by atoms with Crippen molar-refractivity contribution < 1.29 is 0 Å². The third-order valence-corrected chi connectivity index (χ3v) is 12.0. The molecule has 0 atom stereocenters. The van der Waals surface area contributed by atoms with Gasteiger partial charge in [-0.25, -0.2) is 0 Å². The first-order valence-corrected chi connectivity index (χ1v) is 18.2. The largest absolute Gasteiger partial charge is 0.309 e. The van der Waals surface area contributed by atoms with Gasteiger partial charge in [0.2, 0.25) is 0 Å². The lowest BCUT2D eigenvalue weighted by atomic mass is 9.98. The second-order valence-corrected chi connectivity index (χ2v) is 14.6. The highest BCUT2D eigenvalue weighted by Crippen LogP contribution is 2.48. The zero-order valence-electron chi connectivity index (χ0n) is 26.5. The summed E-state index contributed by atoms with van der Waals surface area (Å²) < 4.78 is 5.24. The van der Waals surface area contributed by atoms with E-state index < -0.39 is 0 Å². The molecule has 0 radical (unpaired) electrons. The summed E-state index contributed by atoms with van der Waals surface area (Å²) in [6, 6.07) is 64.3. The van der Waals surface area contributed by atoms with Crippen molar-refractivity contribution >= 4 is 90.9 Å². The molecule has 10 rings (SSSR count). The van der Waals surface area contributed by atoms with E-state index in [1.165, 1.54) is 79.1 Å². The Morgan fingerprint density at radius 2 is 1.04 bits per heavy atom. The Bertz CT molecular complexity index is 2830. The average molecular weight is 660 g/mol. The van der Waals surface area contributed by atoms with Crippen molar-refractivity contribution in [3.63, 3.8) is 0 Å². The highest BCUT2D eigenvalue weighted by Gasteiger charge is 2.20. The molecule has 0 aliphatic rings. The molecule has 0 N–H and O–H groups in total. The quantitative estimate of drug-likeness (QED) is 0.178. The first-order valence-electron chi connectivity index (χ1n) is 16.6. The van der Waals surface area contributed by atoms with Crippen LogP contribution in [0.25, 0.3) is 73.4 Å². The third-order valence-electron chi connectivity index (χ3n) is 9.66. The lowest BCUT2D eigenvalue weighted by Gasteiger charge is -2.27. The van der Waals surface area contributed by atoms with Gasteiger partial charge in [0.15, 0.2) is 0 Å². The van der Waals surface area contributed by atoms with Gasteiger partial charge >= 0.3 is 0 Å².